The van der Waals surface area contributed by atoms with Crippen molar-refractivity contribution in [2.75, 3.05) is 13.4 Å². The Balaban J connectivity index is 4.00. The van der Waals surface area contributed by atoms with E-state index in [0.29, 0.717) is 0 Å². The number of rotatable bonds is 5. The monoisotopic (exact) mass is 184 g/mol. The van der Waals surface area contributed by atoms with Crippen LogP contribution in [0.4, 0.5) is 0 Å². The summed E-state index contributed by atoms with van der Waals surface area (Å²) in [5, 5.41) is 0. The van der Waals surface area contributed by atoms with Crippen LogP contribution in [0.5, 0.6) is 0 Å². The lowest BCUT2D eigenvalue weighted by atomic mass is 10.3. The fraction of sp³-hybridized carbons (Fsp3) is 0.400. The molecule has 0 aromatic rings. The van der Waals surface area contributed by atoms with Gasteiger partial charge in [0, 0.05) is 6.42 Å². The van der Waals surface area contributed by atoms with E-state index in [0.717, 1.165) is 17.1 Å². The topological polar surface area (TPSA) is 9.23 Å². The van der Waals surface area contributed by atoms with E-state index < -0.39 is 0 Å². The lowest BCUT2D eigenvalue weighted by molar-refractivity contribution is 0.281. The average molecular weight is 184 g/mol. The second-order valence-electron chi connectivity index (χ2n) is 2.22. The van der Waals surface area contributed by atoms with Gasteiger partial charge >= 0.3 is 0 Å². The minimum absolute atomic E-state index is 0.923. The first kappa shape index (κ1) is 11.4. The summed E-state index contributed by atoms with van der Waals surface area (Å²) in [5.41, 5.74) is 0. The van der Waals surface area contributed by atoms with E-state index in [1.165, 1.54) is 0 Å². The Labute approximate surface area is 79.2 Å². The molecular weight excluding hydrogens is 168 g/mol. The van der Waals surface area contributed by atoms with Gasteiger partial charge in [-0.25, -0.2) is 0 Å². The van der Waals surface area contributed by atoms with Gasteiger partial charge in [0.25, 0.3) is 0 Å². The zero-order chi connectivity index (χ0) is 9.40. The quantitative estimate of drug-likeness (QED) is 0.478. The highest BCUT2D eigenvalue weighted by atomic mass is 32.2. The smallest absolute Gasteiger partial charge is 0.0952 e. The van der Waals surface area contributed by atoms with E-state index in [2.05, 4.69) is 13.5 Å². The number of methoxy groups -OCH3 is 1. The predicted molar refractivity (Wildman–Crippen MR) is 57.2 cm³/mol. The van der Waals surface area contributed by atoms with Gasteiger partial charge in [-0.15, -0.1) is 11.8 Å². The lowest BCUT2D eigenvalue weighted by Gasteiger charge is -1.99. The molecule has 0 rings (SSSR count). The fourth-order valence-electron chi connectivity index (χ4n) is 0.661. The van der Waals surface area contributed by atoms with E-state index in [1.54, 1.807) is 18.9 Å². The van der Waals surface area contributed by atoms with Crippen molar-refractivity contribution >= 4 is 11.8 Å². The number of hydrogen-bond donors (Lipinski definition) is 0. The van der Waals surface area contributed by atoms with Crippen molar-refractivity contribution < 1.29 is 4.74 Å². The van der Waals surface area contributed by atoms with Crippen LogP contribution < -0.4 is 0 Å². The number of ether oxygens (including phenoxy) is 1. The molecule has 0 bridgehead atoms. The van der Waals surface area contributed by atoms with Crippen molar-refractivity contribution in [1.29, 1.82) is 0 Å². The third-order valence-corrected chi connectivity index (χ3v) is 2.10. The van der Waals surface area contributed by atoms with E-state index in [4.69, 9.17) is 4.74 Å². The molecule has 1 nitrogen and oxygen atoms in total. The highest BCUT2D eigenvalue weighted by Gasteiger charge is 1.86. The summed E-state index contributed by atoms with van der Waals surface area (Å²) in [6.45, 7) is 5.89. The van der Waals surface area contributed by atoms with Crippen molar-refractivity contribution in [3.8, 4) is 0 Å². The van der Waals surface area contributed by atoms with Gasteiger partial charge in [-0.2, -0.15) is 0 Å². The molecule has 0 aliphatic rings. The molecule has 0 radical (unpaired) electrons. The van der Waals surface area contributed by atoms with Crippen LogP contribution in [0.2, 0.25) is 0 Å². The highest BCUT2D eigenvalue weighted by Crippen LogP contribution is 2.09. The van der Waals surface area contributed by atoms with Gasteiger partial charge in [-0.1, -0.05) is 19.6 Å². The van der Waals surface area contributed by atoms with E-state index >= 15 is 0 Å². The molecule has 0 fully saturated rings. The van der Waals surface area contributed by atoms with Crippen LogP contribution in [0.25, 0.3) is 0 Å². The average Bonchev–Trinajstić information content (AvgIpc) is 2.12. The maximum absolute atomic E-state index is 5.09. The first-order valence-electron chi connectivity index (χ1n) is 3.88. The Bertz CT molecular complexity index is 186. The Morgan fingerprint density at radius 1 is 1.58 bits per heavy atom. The number of allylic oxidation sites excluding steroid dienone is 4. The van der Waals surface area contributed by atoms with Gasteiger partial charge in [0.1, 0.15) is 0 Å². The third-order valence-electron chi connectivity index (χ3n) is 1.44. The summed E-state index contributed by atoms with van der Waals surface area (Å²) in [4.78, 5) is 1.05. The SMILES string of the molecule is C=C(/C=C\C=C(/CC)OC)SC. The van der Waals surface area contributed by atoms with Gasteiger partial charge in [0.15, 0.2) is 0 Å². The zero-order valence-corrected chi connectivity index (χ0v) is 8.78. The molecular formula is C10H16OS. The largest absolute Gasteiger partial charge is 0.501 e. The maximum atomic E-state index is 5.09. The summed E-state index contributed by atoms with van der Waals surface area (Å²) >= 11 is 1.64. The highest BCUT2D eigenvalue weighted by molar-refractivity contribution is 8.02. The first-order chi connectivity index (χ1) is 5.74. The van der Waals surface area contributed by atoms with Gasteiger partial charge in [0.2, 0.25) is 0 Å². The van der Waals surface area contributed by atoms with Crippen molar-refractivity contribution in [2.24, 2.45) is 0 Å². The summed E-state index contributed by atoms with van der Waals surface area (Å²) in [5.74, 6) is 0.986. The molecule has 0 N–H and O–H groups in total. The molecule has 0 saturated carbocycles. The molecule has 0 atom stereocenters. The van der Waals surface area contributed by atoms with E-state index in [9.17, 15) is 0 Å². The second-order valence-corrected chi connectivity index (χ2v) is 3.15. The van der Waals surface area contributed by atoms with Gasteiger partial charge in [-0.3, -0.25) is 0 Å². The standard InChI is InChI=1S/C10H16OS/c1-5-10(11-3)8-6-7-9(2)12-4/h6-8H,2,5H2,1,3-4H3/b7-6-,10-8+. The molecule has 68 valence electrons. The third kappa shape index (κ3) is 5.08. The van der Waals surface area contributed by atoms with Crippen LogP contribution in [0.1, 0.15) is 13.3 Å². The van der Waals surface area contributed by atoms with Crippen LogP contribution in [0.3, 0.4) is 0 Å². The van der Waals surface area contributed by atoms with Gasteiger partial charge in [0.05, 0.1) is 12.9 Å². The Hall–Kier alpha value is -0.630. The van der Waals surface area contributed by atoms with Gasteiger partial charge in [-0.05, 0) is 23.3 Å². The molecule has 0 heterocycles. The minimum Gasteiger partial charge on any atom is -0.501 e. The Morgan fingerprint density at radius 3 is 2.67 bits per heavy atom. The Kier molecular flexibility index (Phi) is 6.67. The Morgan fingerprint density at radius 2 is 2.25 bits per heavy atom. The van der Waals surface area contributed by atoms with Gasteiger partial charge < -0.3 is 4.74 Å². The van der Waals surface area contributed by atoms with Crippen molar-refractivity contribution in [2.45, 2.75) is 13.3 Å². The summed E-state index contributed by atoms with van der Waals surface area (Å²) in [6, 6.07) is 0. The van der Waals surface area contributed by atoms with Crippen LogP contribution in [-0.2, 0) is 4.74 Å². The number of thioether (sulfide) groups is 1. The normalized spacial score (nSPS) is 12.1. The molecule has 2 heteroatoms. The summed E-state index contributed by atoms with van der Waals surface area (Å²) < 4.78 is 5.09. The fourth-order valence-corrected chi connectivity index (χ4v) is 0.876. The zero-order valence-electron chi connectivity index (χ0n) is 7.96. The van der Waals surface area contributed by atoms with Crippen molar-refractivity contribution in [1.82, 2.24) is 0 Å². The molecule has 0 aromatic heterocycles. The molecule has 0 unspecified atom stereocenters. The van der Waals surface area contributed by atoms with Crippen LogP contribution in [-0.4, -0.2) is 13.4 Å². The molecule has 0 spiro atoms. The molecule has 0 saturated heterocycles. The molecule has 0 aliphatic heterocycles. The maximum Gasteiger partial charge on any atom is 0.0952 e. The van der Waals surface area contributed by atoms with Crippen LogP contribution in [0.15, 0.2) is 35.5 Å². The van der Waals surface area contributed by atoms with E-state index in [1.807, 2.05) is 24.5 Å². The van der Waals surface area contributed by atoms with E-state index in [-0.39, 0.29) is 0 Å². The minimum atomic E-state index is 0.923. The molecule has 0 aromatic carbocycles. The molecule has 0 aliphatic carbocycles. The predicted octanol–water partition coefficient (Wildman–Crippen LogP) is 3.36. The summed E-state index contributed by atoms with van der Waals surface area (Å²) in [6.07, 6.45) is 8.82. The van der Waals surface area contributed by atoms with Crippen LogP contribution in [0, 0.1) is 0 Å². The van der Waals surface area contributed by atoms with Crippen molar-refractivity contribution in [3.05, 3.63) is 35.5 Å². The summed E-state index contributed by atoms with van der Waals surface area (Å²) in [7, 11) is 1.69. The lowest BCUT2D eigenvalue weighted by Crippen LogP contribution is -1.81. The van der Waals surface area contributed by atoms with Crippen LogP contribution >= 0.6 is 11.8 Å². The molecule has 12 heavy (non-hydrogen) atoms. The number of hydrogen-bond acceptors (Lipinski definition) is 2. The van der Waals surface area contributed by atoms with Crippen molar-refractivity contribution in [3.63, 3.8) is 0 Å². The first-order valence-corrected chi connectivity index (χ1v) is 5.11. The second kappa shape index (κ2) is 7.04. The molecule has 0 amide bonds.